The third kappa shape index (κ3) is 9.59. The van der Waals surface area contributed by atoms with Crippen molar-refractivity contribution in [2.45, 2.75) is 59.3 Å². The lowest BCUT2D eigenvalue weighted by molar-refractivity contribution is -0.288. The number of ether oxygens (including phenoxy) is 2. The largest absolute Gasteiger partial charge is 0.458 e. The van der Waals surface area contributed by atoms with Gasteiger partial charge >= 0.3 is 12.4 Å². The lowest BCUT2D eigenvalue weighted by atomic mass is 9.73. The normalized spacial score (nSPS) is 12.7. The maximum absolute atomic E-state index is 14.4. The first-order valence-corrected chi connectivity index (χ1v) is 13.1. The van der Waals surface area contributed by atoms with Gasteiger partial charge in [-0.3, -0.25) is 0 Å². The molecule has 0 heterocycles. The summed E-state index contributed by atoms with van der Waals surface area (Å²) < 4.78 is 97.5. The van der Waals surface area contributed by atoms with E-state index in [0.717, 1.165) is 48.5 Å². The number of benzene rings is 2. The number of hydrogen-bond acceptors (Lipinski definition) is 2. The van der Waals surface area contributed by atoms with E-state index in [0.29, 0.717) is 5.76 Å². The van der Waals surface area contributed by atoms with Crippen LogP contribution in [0.1, 0.15) is 52.7 Å². The molecule has 8 heteroatoms. The van der Waals surface area contributed by atoms with Crippen LogP contribution in [0.3, 0.4) is 0 Å². The zero-order chi connectivity index (χ0) is 31.7. The molecule has 2 nitrogen and oxygen atoms in total. The first-order valence-electron chi connectivity index (χ1n) is 13.1. The average Bonchev–Trinajstić information content (AvgIpc) is 2.95. The Morgan fingerprint density at radius 2 is 1.07 bits per heavy atom. The van der Waals surface area contributed by atoms with Crippen LogP contribution in [-0.4, -0.2) is 12.4 Å². The summed E-state index contributed by atoms with van der Waals surface area (Å²) in [6.07, 6.45) is 1.03. The molecule has 0 amide bonds. The van der Waals surface area contributed by atoms with Gasteiger partial charge in [0.25, 0.3) is 0 Å². The fourth-order valence-electron chi connectivity index (χ4n) is 3.49. The van der Waals surface area contributed by atoms with Gasteiger partial charge in [0.2, 0.25) is 5.41 Å². The summed E-state index contributed by atoms with van der Waals surface area (Å²) in [6, 6.07) is 7.28. The number of halogens is 6. The standard InChI is InChI=1S/C29H26F6O2.2C2H6/c1-5-9-11-23(7-3)36-25-17-13-21(14-18-25)27(28(30,31)32,29(33,34)35)22-15-19-26(20-16-22)37-24(8-4)12-10-6-2;2*1-2/h5-20H,1,4H2,2-3H3;2*1-2H3/b10-6-,11-9-,23-7+,24-12+;;. The number of hydrogen-bond donors (Lipinski definition) is 0. The summed E-state index contributed by atoms with van der Waals surface area (Å²) in [5.74, 6) is 0.719. The summed E-state index contributed by atoms with van der Waals surface area (Å²) in [5.41, 5.74) is -6.29. The van der Waals surface area contributed by atoms with Crippen LogP contribution < -0.4 is 9.47 Å². The van der Waals surface area contributed by atoms with Crippen molar-refractivity contribution in [2.24, 2.45) is 0 Å². The van der Waals surface area contributed by atoms with Crippen molar-refractivity contribution in [2.75, 3.05) is 0 Å². The summed E-state index contributed by atoms with van der Waals surface area (Å²) in [7, 11) is 0. The molecule has 2 rings (SSSR count). The minimum absolute atomic E-state index is 0.0489. The highest BCUT2D eigenvalue weighted by Crippen LogP contribution is 2.56. The van der Waals surface area contributed by atoms with Gasteiger partial charge in [-0.25, -0.2) is 0 Å². The molecule has 0 aliphatic heterocycles. The topological polar surface area (TPSA) is 18.5 Å². The molecule has 0 saturated heterocycles. The molecular formula is C33H38F6O2. The Kier molecular flexibility index (Phi) is 16.0. The molecule has 41 heavy (non-hydrogen) atoms. The molecule has 2 aromatic rings. The molecule has 0 aliphatic rings. The minimum atomic E-state index is -5.71. The Balaban J connectivity index is 0.00000382. The second kappa shape index (κ2) is 17.7. The van der Waals surface area contributed by atoms with E-state index in [1.54, 1.807) is 50.3 Å². The SMILES string of the molecule is C=C/C=C\C(=C/C)Oc1ccc(C(c2ccc(O/C(C=C)=C/C=C\C)cc2)(C(F)(F)F)C(F)(F)F)cc1.CC.CC. The van der Waals surface area contributed by atoms with Crippen LogP contribution in [0.2, 0.25) is 0 Å². The van der Waals surface area contributed by atoms with Crippen molar-refractivity contribution in [1.29, 1.82) is 0 Å². The van der Waals surface area contributed by atoms with E-state index in [1.165, 1.54) is 12.2 Å². The Hall–Kier alpha value is -3.94. The predicted molar refractivity (Wildman–Crippen MR) is 156 cm³/mol. The molecule has 0 aromatic heterocycles. The van der Waals surface area contributed by atoms with Gasteiger partial charge in [-0.05, 0) is 73.5 Å². The van der Waals surface area contributed by atoms with Gasteiger partial charge in [0.05, 0.1) is 0 Å². The van der Waals surface area contributed by atoms with Crippen molar-refractivity contribution >= 4 is 0 Å². The zero-order valence-corrected chi connectivity index (χ0v) is 24.2. The summed E-state index contributed by atoms with van der Waals surface area (Å²) >= 11 is 0. The van der Waals surface area contributed by atoms with E-state index in [-0.39, 0.29) is 17.3 Å². The first-order chi connectivity index (χ1) is 19.4. The van der Waals surface area contributed by atoms with E-state index < -0.39 is 28.9 Å². The molecule has 0 radical (unpaired) electrons. The van der Waals surface area contributed by atoms with E-state index in [4.69, 9.17) is 9.47 Å². The Morgan fingerprint density at radius 3 is 1.39 bits per heavy atom. The molecule has 224 valence electrons. The molecule has 2 aromatic carbocycles. The average molecular weight is 581 g/mol. The number of alkyl halides is 6. The quantitative estimate of drug-likeness (QED) is 0.158. The summed E-state index contributed by atoms with van der Waals surface area (Å²) in [6.45, 7) is 18.5. The van der Waals surface area contributed by atoms with Crippen molar-refractivity contribution in [3.8, 4) is 11.5 Å². The van der Waals surface area contributed by atoms with Crippen molar-refractivity contribution in [3.05, 3.63) is 133 Å². The van der Waals surface area contributed by atoms with E-state index in [1.807, 2.05) is 27.7 Å². The lowest BCUT2D eigenvalue weighted by Crippen LogP contribution is -2.54. The smallest absolute Gasteiger partial charge is 0.411 e. The van der Waals surface area contributed by atoms with Crippen LogP contribution in [0.25, 0.3) is 0 Å². The molecule has 0 saturated carbocycles. The van der Waals surface area contributed by atoms with Crippen molar-refractivity contribution < 1.29 is 35.8 Å². The van der Waals surface area contributed by atoms with Crippen molar-refractivity contribution in [3.63, 3.8) is 0 Å². The Labute approximate surface area is 239 Å². The highest BCUT2D eigenvalue weighted by molar-refractivity contribution is 5.47. The van der Waals surface area contributed by atoms with Crippen LogP contribution in [0.15, 0.2) is 122 Å². The van der Waals surface area contributed by atoms with Crippen LogP contribution >= 0.6 is 0 Å². The van der Waals surface area contributed by atoms with Gasteiger partial charge < -0.3 is 9.47 Å². The zero-order valence-electron chi connectivity index (χ0n) is 24.2. The van der Waals surface area contributed by atoms with E-state index >= 15 is 0 Å². The van der Waals surface area contributed by atoms with Crippen LogP contribution in [0.5, 0.6) is 11.5 Å². The van der Waals surface area contributed by atoms with Gasteiger partial charge in [0, 0.05) is 0 Å². The maximum Gasteiger partial charge on any atom is 0.411 e. The van der Waals surface area contributed by atoms with Gasteiger partial charge in [-0.1, -0.05) is 89.4 Å². The first kappa shape index (κ1) is 37.1. The molecule has 0 unspecified atom stereocenters. The molecule has 0 spiro atoms. The van der Waals surface area contributed by atoms with Crippen LogP contribution in [0, 0.1) is 0 Å². The molecule has 0 fully saturated rings. The third-order valence-electron chi connectivity index (χ3n) is 5.23. The highest BCUT2D eigenvalue weighted by Gasteiger charge is 2.72. The van der Waals surface area contributed by atoms with Gasteiger partial charge in [-0.2, -0.15) is 26.3 Å². The maximum atomic E-state index is 14.4. The molecular weight excluding hydrogens is 542 g/mol. The Bertz CT molecular complexity index is 1170. The fourth-order valence-corrected chi connectivity index (χ4v) is 3.49. The number of rotatable bonds is 10. The van der Waals surface area contributed by atoms with Gasteiger partial charge in [0.15, 0.2) is 0 Å². The second-order valence-electron chi connectivity index (χ2n) is 7.58. The lowest BCUT2D eigenvalue weighted by Gasteiger charge is -2.38. The van der Waals surface area contributed by atoms with E-state index in [2.05, 4.69) is 13.2 Å². The van der Waals surface area contributed by atoms with E-state index in [9.17, 15) is 26.3 Å². The third-order valence-corrected chi connectivity index (χ3v) is 5.23. The monoisotopic (exact) mass is 580 g/mol. The minimum Gasteiger partial charge on any atom is -0.458 e. The van der Waals surface area contributed by atoms with Gasteiger partial charge in [0.1, 0.15) is 23.0 Å². The number of allylic oxidation sites excluding steroid dienone is 8. The van der Waals surface area contributed by atoms with Crippen molar-refractivity contribution in [1.82, 2.24) is 0 Å². The second-order valence-corrected chi connectivity index (χ2v) is 7.58. The molecule has 0 bridgehead atoms. The predicted octanol–water partition coefficient (Wildman–Crippen LogP) is 11.2. The summed E-state index contributed by atoms with van der Waals surface area (Å²) in [5, 5.41) is 0. The van der Waals surface area contributed by atoms with Gasteiger partial charge in [-0.15, -0.1) is 0 Å². The molecule has 0 N–H and O–H groups in total. The summed E-state index contributed by atoms with van der Waals surface area (Å²) in [4.78, 5) is 0. The molecule has 0 aliphatic carbocycles. The Morgan fingerprint density at radius 1 is 0.659 bits per heavy atom. The van der Waals surface area contributed by atoms with Crippen LogP contribution in [0.4, 0.5) is 26.3 Å². The van der Waals surface area contributed by atoms with Crippen LogP contribution in [-0.2, 0) is 5.41 Å². The molecule has 0 atom stereocenters. The fraction of sp³-hybridized carbons (Fsp3) is 0.273. The highest BCUT2D eigenvalue weighted by atomic mass is 19.4.